The zero-order valence-corrected chi connectivity index (χ0v) is 11.5. The van der Waals surface area contributed by atoms with Gasteiger partial charge in [-0.25, -0.2) is 0 Å². The molecule has 0 radical (unpaired) electrons. The van der Waals surface area contributed by atoms with Crippen molar-refractivity contribution in [3.63, 3.8) is 0 Å². The van der Waals surface area contributed by atoms with Crippen LogP contribution in [0.15, 0.2) is 0 Å². The van der Waals surface area contributed by atoms with Gasteiger partial charge in [0.25, 0.3) is 0 Å². The van der Waals surface area contributed by atoms with Crippen molar-refractivity contribution >= 4 is 23.1 Å². The number of carbonyl (C=O) groups excluding carboxylic acids is 1. The van der Waals surface area contributed by atoms with Gasteiger partial charge in [-0.1, -0.05) is 38.9 Å². The largest absolute Gasteiger partial charge is 0.393 e. The second-order valence-corrected chi connectivity index (χ2v) is 4.75. The fraction of sp³-hybridized carbons (Fsp3) is 0.833. The Morgan fingerprint density at radius 2 is 2.06 bits per heavy atom. The number of thiocarbonyl (C=S) groups is 1. The number of hydrogen-bond acceptors (Lipinski definition) is 2. The van der Waals surface area contributed by atoms with Crippen molar-refractivity contribution in [3.05, 3.63) is 0 Å². The lowest BCUT2D eigenvalue weighted by molar-refractivity contribution is -0.134. The number of nitrogens with two attached hydrogens (primary N) is 1. The molecule has 0 aliphatic heterocycles. The van der Waals surface area contributed by atoms with E-state index in [1.54, 1.807) is 4.90 Å². The highest BCUT2D eigenvalue weighted by Gasteiger charge is 2.19. The minimum atomic E-state index is 0.163. The predicted molar refractivity (Wildman–Crippen MR) is 72.3 cm³/mol. The molecule has 0 aromatic heterocycles. The Morgan fingerprint density at radius 3 is 2.50 bits per heavy atom. The number of carbonyl (C=O) groups is 1. The highest BCUT2D eigenvalue weighted by molar-refractivity contribution is 7.80. The van der Waals surface area contributed by atoms with E-state index in [0.717, 1.165) is 25.7 Å². The summed E-state index contributed by atoms with van der Waals surface area (Å²) in [4.78, 5) is 14.3. The quantitative estimate of drug-likeness (QED) is 0.667. The lowest BCUT2D eigenvalue weighted by Gasteiger charge is -2.22. The van der Waals surface area contributed by atoms with E-state index in [4.69, 9.17) is 18.0 Å². The molecule has 0 saturated carbocycles. The summed E-state index contributed by atoms with van der Waals surface area (Å²) in [6, 6.07) is 0. The van der Waals surface area contributed by atoms with E-state index in [-0.39, 0.29) is 11.8 Å². The smallest absolute Gasteiger partial charge is 0.225 e. The molecular formula is C12H24N2OS. The second-order valence-electron chi connectivity index (χ2n) is 4.22. The molecule has 1 unspecified atom stereocenters. The van der Waals surface area contributed by atoms with Gasteiger partial charge in [-0.3, -0.25) is 4.79 Å². The van der Waals surface area contributed by atoms with E-state index in [0.29, 0.717) is 18.0 Å². The van der Waals surface area contributed by atoms with Crippen LogP contribution in [-0.2, 0) is 4.79 Å². The molecule has 94 valence electrons. The van der Waals surface area contributed by atoms with Gasteiger partial charge in [0.2, 0.25) is 5.91 Å². The van der Waals surface area contributed by atoms with Crippen molar-refractivity contribution < 1.29 is 4.79 Å². The van der Waals surface area contributed by atoms with Crippen LogP contribution in [-0.4, -0.2) is 29.4 Å². The summed E-state index contributed by atoms with van der Waals surface area (Å²) >= 11 is 4.80. The Bertz CT molecular complexity index is 231. The maximum atomic E-state index is 12.0. The highest BCUT2D eigenvalue weighted by atomic mass is 32.1. The van der Waals surface area contributed by atoms with Gasteiger partial charge in [0, 0.05) is 25.9 Å². The van der Waals surface area contributed by atoms with Crippen molar-refractivity contribution in [1.82, 2.24) is 4.90 Å². The molecule has 0 fully saturated rings. The van der Waals surface area contributed by atoms with Gasteiger partial charge in [0.1, 0.15) is 0 Å². The number of hydrogen-bond donors (Lipinski definition) is 1. The normalized spacial score (nSPS) is 12.2. The zero-order chi connectivity index (χ0) is 12.6. The summed E-state index contributed by atoms with van der Waals surface area (Å²) in [6.07, 6.45) is 4.77. The fourth-order valence-corrected chi connectivity index (χ4v) is 1.74. The number of unbranched alkanes of at least 4 members (excludes halogenated alkanes) is 1. The van der Waals surface area contributed by atoms with Crippen LogP contribution >= 0.6 is 12.2 Å². The molecule has 3 nitrogen and oxygen atoms in total. The van der Waals surface area contributed by atoms with Gasteiger partial charge in [0.05, 0.1) is 4.99 Å². The third kappa shape index (κ3) is 6.05. The average molecular weight is 244 g/mol. The average Bonchev–Trinajstić information content (AvgIpc) is 2.26. The summed E-state index contributed by atoms with van der Waals surface area (Å²) < 4.78 is 0. The van der Waals surface area contributed by atoms with E-state index in [1.165, 1.54) is 0 Å². The Balaban J connectivity index is 4.10. The maximum absolute atomic E-state index is 12.0. The minimum absolute atomic E-state index is 0.163. The summed E-state index contributed by atoms with van der Waals surface area (Å²) in [7, 11) is 1.83. The molecule has 0 aliphatic rings. The van der Waals surface area contributed by atoms with Gasteiger partial charge in [-0.2, -0.15) is 0 Å². The molecule has 0 bridgehead atoms. The SMILES string of the molecule is CCCCC(CC)C(=O)N(C)CCC(N)=S. The third-order valence-electron chi connectivity index (χ3n) is 2.82. The standard InChI is InChI=1S/C12H24N2OS/c1-4-6-7-10(5-2)12(15)14(3)9-8-11(13)16/h10H,4-9H2,1-3H3,(H2,13,16). The Kier molecular flexibility index (Phi) is 8.16. The first-order chi connectivity index (χ1) is 7.52. The van der Waals surface area contributed by atoms with Gasteiger partial charge >= 0.3 is 0 Å². The fourth-order valence-electron chi connectivity index (χ4n) is 1.65. The molecule has 0 aliphatic carbocycles. The highest BCUT2D eigenvalue weighted by Crippen LogP contribution is 2.15. The molecule has 0 aromatic rings. The molecule has 0 rings (SSSR count). The van der Waals surface area contributed by atoms with Crippen LogP contribution in [0.1, 0.15) is 46.0 Å². The van der Waals surface area contributed by atoms with Crippen molar-refractivity contribution in [2.24, 2.45) is 11.7 Å². The molecule has 0 heterocycles. The van der Waals surface area contributed by atoms with Gasteiger partial charge < -0.3 is 10.6 Å². The third-order valence-corrected chi connectivity index (χ3v) is 3.02. The summed E-state index contributed by atoms with van der Waals surface area (Å²) in [6.45, 7) is 4.85. The van der Waals surface area contributed by atoms with Crippen molar-refractivity contribution in [1.29, 1.82) is 0 Å². The lowest BCUT2D eigenvalue weighted by Crippen LogP contribution is -2.34. The van der Waals surface area contributed by atoms with E-state index in [1.807, 2.05) is 7.05 Å². The molecule has 0 saturated heterocycles. The van der Waals surface area contributed by atoms with Crippen LogP contribution < -0.4 is 5.73 Å². The number of nitrogens with zero attached hydrogens (tertiary/aromatic N) is 1. The molecule has 16 heavy (non-hydrogen) atoms. The molecule has 2 N–H and O–H groups in total. The number of amides is 1. The Hall–Kier alpha value is -0.640. The predicted octanol–water partition coefficient (Wildman–Crippen LogP) is 2.34. The monoisotopic (exact) mass is 244 g/mol. The van der Waals surface area contributed by atoms with Crippen LogP contribution in [0.25, 0.3) is 0 Å². The molecule has 1 amide bonds. The topological polar surface area (TPSA) is 46.3 Å². The van der Waals surface area contributed by atoms with Crippen molar-refractivity contribution in [2.75, 3.05) is 13.6 Å². The molecule has 1 atom stereocenters. The minimum Gasteiger partial charge on any atom is -0.393 e. The first-order valence-electron chi connectivity index (χ1n) is 6.06. The van der Waals surface area contributed by atoms with Crippen LogP contribution in [0.3, 0.4) is 0 Å². The van der Waals surface area contributed by atoms with Gasteiger partial charge in [-0.15, -0.1) is 0 Å². The number of rotatable bonds is 8. The summed E-state index contributed by atoms with van der Waals surface area (Å²) in [5, 5.41) is 0. The van der Waals surface area contributed by atoms with E-state index < -0.39 is 0 Å². The van der Waals surface area contributed by atoms with Crippen molar-refractivity contribution in [3.8, 4) is 0 Å². The molecule has 4 heteroatoms. The summed E-state index contributed by atoms with van der Waals surface area (Å²) in [5.41, 5.74) is 5.42. The van der Waals surface area contributed by atoms with E-state index in [9.17, 15) is 4.79 Å². The molecular weight excluding hydrogens is 220 g/mol. The van der Waals surface area contributed by atoms with Gasteiger partial charge in [-0.05, 0) is 12.8 Å². The van der Waals surface area contributed by atoms with Crippen LogP contribution in [0, 0.1) is 5.92 Å². The van der Waals surface area contributed by atoms with Gasteiger partial charge in [0.15, 0.2) is 0 Å². The van der Waals surface area contributed by atoms with E-state index >= 15 is 0 Å². The Morgan fingerprint density at radius 1 is 1.44 bits per heavy atom. The second kappa shape index (κ2) is 8.50. The van der Waals surface area contributed by atoms with Crippen LogP contribution in [0.2, 0.25) is 0 Å². The van der Waals surface area contributed by atoms with Crippen molar-refractivity contribution in [2.45, 2.75) is 46.0 Å². The van der Waals surface area contributed by atoms with Crippen LogP contribution in [0.5, 0.6) is 0 Å². The summed E-state index contributed by atoms with van der Waals surface area (Å²) in [5.74, 6) is 0.392. The van der Waals surface area contributed by atoms with Crippen LogP contribution in [0.4, 0.5) is 0 Å². The Labute approximate surface area is 104 Å². The zero-order valence-electron chi connectivity index (χ0n) is 10.7. The van der Waals surface area contributed by atoms with E-state index in [2.05, 4.69) is 13.8 Å². The first kappa shape index (κ1) is 15.4. The lowest BCUT2D eigenvalue weighted by atomic mass is 9.98. The molecule has 0 spiro atoms. The molecule has 0 aromatic carbocycles. The maximum Gasteiger partial charge on any atom is 0.225 e. The first-order valence-corrected chi connectivity index (χ1v) is 6.47.